The summed E-state index contributed by atoms with van der Waals surface area (Å²) < 4.78 is 0. The number of benzene rings is 5. The highest BCUT2D eigenvalue weighted by Gasteiger charge is 2.33. The van der Waals surface area contributed by atoms with Gasteiger partial charge < -0.3 is 0 Å². The average molecular weight is 449 g/mol. The van der Waals surface area contributed by atoms with Crippen LogP contribution >= 0.6 is 0 Å². The van der Waals surface area contributed by atoms with Crippen LogP contribution in [0.3, 0.4) is 0 Å². The van der Waals surface area contributed by atoms with Crippen LogP contribution in [0.4, 0.5) is 0 Å². The first-order valence-corrected chi connectivity index (χ1v) is 12.7. The Morgan fingerprint density at radius 2 is 1.34 bits per heavy atom. The van der Waals surface area contributed by atoms with Gasteiger partial charge in [-0.2, -0.15) is 0 Å². The van der Waals surface area contributed by atoms with Crippen molar-refractivity contribution in [2.45, 2.75) is 26.2 Å². The lowest BCUT2D eigenvalue weighted by Gasteiger charge is -2.23. The van der Waals surface area contributed by atoms with Crippen LogP contribution in [0.2, 0.25) is 0 Å². The van der Waals surface area contributed by atoms with Gasteiger partial charge in [0.05, 0.1) is 0 Å². The fourth-order valence-electron chi connectivity index (χ4n) is 6.33. The summed E-state index contributed by atoms with van der Waals surface area (Å²) in [7, 11) is 0. The van der Waals surface area contributed by atoms with E-state index in [0.29, 0.717) is 11.8 Å². The largest absolute Gasteiger partial charge is 0.0619 e. The molecule has 0 fully saturated rings. The van der Waals surface area contributed by atoms with Crippen molar-refractivity contribution < 1.29 is 0 Å². The van der Waals surface area contributed by atoms with Crippen molar-refractivity contribution in [1.29, 1.82) is 0 Å². The molecule has 7 rings (SSSR count). The molecule has 0 aliphatic heterocycles. The maximum absolute atomic E-state index is 2.50. The molecule has 0 N–H and O–H groups in total. The van der Waals surface area contributed by atoms with E-state index in [-0.39, 0.29) is 0 Å². The number of hydrogen-bond donors (Lipinski definition) is 0. The third-order valence-electron chi connectivity index (χ3n) is 8.02. The number of rotatable bonds is 3. The van der Waals surface area contributed by atoms with Crippen molar-refractivity contribution in [1.82, 2.24) is 0 Å². The fourth-order valence-corrected chi connectivity index (χ4v) is 6.33. The molecule has 0 amide bonds. The molecule has 0 nitrogen and oxygen atoms in total. The Kier molecular flexibility index (Phi) is 4.57. The van der Waals surface area contributed by atoms with Crippen LogP contribution < -0.4 is 0 Å². The summed E-state index contributed by atoms with van der Waals surface area (Å²) in [6, 6.07) is 38.3. The Morgan fingerprint density at radius 1 is 0.629 bits per heavy atom. The molecular formula is C35H28. The SMILES string of the molecule is CC(C)C1=Cc2c(-c3ccc4ccccc4c3)cccc2C1c1cccc2c1Cc1ccccc1-2. The van der Waals surface area contributed by atoms with Crippen LogP contribution in [-0.4, -0.2) is 0 Å². The van der Waals surface area contributed by atoms with Gasteiger partial charge in [0.25, 0.3) is 0 Å². The maximum Gasteiger partial charge on any atom is 0.0314 e. The Hall–Kier alpha value is -3.90. The first kappa shape index (κ1) is 20.5. The molecule has 0 radical (unpaired) electrons. The van der Waals surface area contributed by atoms with E-state index in [4.69, 9.17) is 0 Å². The van der Waals surface area contributed by atoms with Crippen LogP contribution in [0.25, 0.3) is 39.1 Å². The molecular weight excluding hydrogens is 420 g/mol. The monoisotopic (exact) mass is 448 g/mol. The zero-order chi connectivity index (χ0) is 23.5. The summed E-state index contributed by atoms with van der Waals surface area (Å²) in [6.07, 6.45) is 3.53. The van der Waals surface area contributed by atoms with Crippen LogP contribution in [0.15, 0.2) is 109 Å². The molecule has 2 aliphatic rings. The highest BCUT2D eigenvalue weighted by atomic mass is 14.4. The van der Waals surface area contributed by atoms with E-state index in [2.05, 4.69) is 123 Å². The Bertz CT molecular complexity index is 1650. The normalized spacial score (nSPS) is 15.7. The second-order valence-corrected chi connectivity index (χ2v) is 10.3. The van der Waals surface area contributed by atoms with Gasteiger partial charge in [0.2, 0.25) is 0 Å². The van der Waals surface area contributed by atoms with E-state index in [1.807, 2.05) is 0 Å². The van der Waals surface area contributed by atoms with E-state index >= 15 is 0 Å². The summed E-state index contributed by atoms with van der Waals surface area (Å²) in [5.74, 6) is 0.797. The first-order chi connectivity index (χ1) is 17.2. The summed E-state index contributed by atoms with van der Waals surface area (Å²) in [4.78, 5) is 0. The molecule has 0 aromatic heterocycles. The molecule has 5 aromatic carbocycles. The van der Waals surface area contributed by atoms with Gasteiger partial charge in [-0.1, -0.05) is 123 Å². The van der Waals surface area contributed by atoms with Crippen LogP contribution in [-0.2, 0) is 6.42 Å². The molecule has 1 atom stereocenters. The number of hydrogen-bond acceptors (Lipinski definition) is 0. The van der Waals surface area contributed by atoms with Crippen LogP contribution in [0, 0.1) is 5.92 Å². The second-order valence-electron chi connectivity index (χ2n) is 10.3. The molecule has 0 saturated carbocycles. The Balaban J connectivity index is 1.41. The highest BCUT2D eigenvalue weighted by molar-refractivity contribution is 5.91. The lowest BCUT2D eigenvalue weighted by atomic mass is 9.80. The zero-order valence-electron chi connectivity index (χ0n) is 20.3. The van der Waals surface area contributed by atoms with E-state index in [0.717, 1.165) is 6.42 Å². The van der Waals surface area contributed by atoms with E-state index in [9.17, 15) is 0 Å². The van der Waals surface area contributed by atoms with Gasteiger partial charge in [-0.3, -0.25) is 0 Å². The third-order valence-corrected chi connectivity index (χ3v) is 8.02. The zero-order valence-corrected chi connectivity index (χ0v) is 20.3. The second kappa shape index (κ2) is 7.82. The minimum atomic E-state index is 0.315. The van der Waals surface area contributed by atoms with Crippen molar-refractivity contribution in [3.05, 3.63) is 137 Å². The summed E-state index contributed by atoms with van der Waals surface area (Å²) in [5, 5.41) is 2.59. The summed E-state index contributed by atoms with van der Waals surface area (Å²) in [5.41, 5.74) is 14.3. The third kappa shape index (κ3) is 3.13. The van der Waals surface area contributed by atoms with Crippen molar-refractivity contribution in [3.63, 3.8) is 0 Å². The molecule has 0 heterocycles. The molecule has 35 heavy (non-hydrogen) atoms. The lowest BCUT2D eigenvalue weighted by molar-refractivity contribution is 0.714. The van der Waals surface area contributed by atoms with Crippen molar-refractivity contribution >= 4 is 16.8 Å². The van der Waals surface area contributed by atoms with Crippen molar-refractivity contribution in [2.24, 2.45) is 5.92 Å². The predicted molar refractivity (Wildman–Crippen MR) is 149 cm³/mol. The van der Waals surface area contributed by atoms with Gasteiger partial charge in [-0.05, 0) is 79.2 Å². The number of fused-ring (bicyclic) bond motifs is 5. The van der Waals surface area contributed by atoms with Gasteiger partial charge in [-0.15, -0.1) is 0 Å². The molecule has 2 aliphatic carbocycles. The van der Waals surface area contributed by atoms with Gasteiger partial charge in [0.1, 0.15) is 0 Å². The van der Waals surface area contributed by atoms with Crippen LogP contribution in [0.5, 0.6) is 0 Å². The molecule has 0 heteroatoms. The van der Waals surface area contributed by atoms with E-state index < -0.39 is 0 Å². The number of allylic oxidation sites excluding steroid dienone is 1. The summed E-state index contributed by atoms with van der Waals surface area (Å²) in [6.45, 7) is 4.69. The lowest BCUT2D eigenvalue weighted by Crippen LogP contribution is -2.08. The molecule has 5 aromatic rings. The summed E-state index contributed by atoms with van der Waals surface area (Å²) >= 11 is 0. The standard InChI is InChI=1S/C35H28/c1-22(2)32-21-34-28(26-18-17-23-9-3-4-10-24(23)19-26)13-7-15-31(34)35(32)30-16-8-14-29-27-12-6-5-11-25(27)20-33(29)30/h3-19,21-22,35H,20H2,1-2H3. The van der Waals surface area contributed by atoms with E-state index in [1.54, 1.807) is 0 Å². The fraction of sp³-hybridized carbons (Fsp3) is 0.143. The Labute approximate surface area is 207 Å². The van der Waals surface area contributed by atoms with E-state index in [1.165, 1.54) is 66.4 Å². The quantitative estimate of drug-likeness (QED) is 0.253. The minimum absolute atomic E-state index is 0.315. The maximum atomic E-state index is 2.50. The smallest absolute Gasteiger partial charge is 0.0314 e. The molecule has 0 bridgehead atoms. The first-order valence-electron chi connectivity index (χ1n) is 12.7. The van der Waals surface area contributed by atoms with Crippen molar-refractivity contribution in [2.75, 3.05) is 0 Å². The van der Waals surface area contributed by atoms with Gasteiger partial charge in [-0.25, -0.2) is 0 Å². The Morgan fingerprint density at radius 3 is 2.20 bits per heavy atom. The molecule has 1 unspecified atom stereocenters. The molecule has 0 saturated heterocycles. The molecule has 0 spiro atoms. The van der Waals surface area contributed by atoms with Crippen LogP contribution in [0.1, 0.15) is 47.6 Å². The minimum Gasteiger partial charge on any atom is -0.0619 e. The highest BCUT2D eigenvalue weighted by Crippen LogP contribution is 2.50. The van der Waals surface area contributed by atoms with Gasteiger partial charge in [0, 0.05) is 5.92 Å². The van der Waals surface area contributed by atoms with Gasteiger partial charge in [0.15, 0.2) is 0 Å². The molecule has 168 valence electrons. The topological polar surface area (TPSA) is 0 Å². The average Bonchev–Trinajstić information content (AvgIpc) is 3.47. The predicted octanol–water partition coefficient (Wildman–Crippen LogP) is 9.26. The van der Waals surface area contributed by atoms with Crippen molar-refractivity contribution in [3.8, 4) is 22.3 Å². The van der Waals surface area contributed by atoms with Gasteiger partial charge >= 0.3 is 0 Å².